The van der Waals surface area contributed by atoms with Crippen LogP contribution >= 0.6 is 0 Å². The van der Waals surface area contributed by atoms with Crippen molar-refractivity contribution in [1.29, 1.82) is 0 Å². The van der Waals surface area contributed by atoms with Gasteiger partial charge in [0.1, 0.15) is 11.5 Å². The van der Waals surface area contributed by atoms with Crippen molar-refractivity contribution in [3.8, 4) is 11.5 Å². The fraction of sp³-hybridized carbons (Fsp3) is 0.538. The number of hydrogen-bond acceptors (Lipinski definition) is 4. The van der Waals surface area contributed by atoms with Crippen LogP contribution in [0.3, 0.4) is 0 Å². The van der Waals surface area contributed by atoms with Crippen LogP contribution in [0.25, 0.3) is 0 Å². The zero-order valence-electron chi connectivity index (χ0n) is 10.2. The zero-order valence-corrected chi connectivity index (χ0v) is 10.2. The second-order valence-electron chi connectivity index (χ2n) is 4.24. The Bertz CT molecular complexity index is 321. The summed E-state index contributed by atoms with van der Waals surface area (Å²) in [5.41, 5.74) is 0.865. The Kier molecular flexibility index (Phi) is 5.80. The molecule has 1 aromatic carbocycles. The molecule has 4 nitrogen and oxygen atoms in total. The molecule has 0 aromatic heterocycles. The molecule has 96 valence electrons. The fourth-order valence-electron chi connectivity index (χ4n) is 1.72. The van der Waals surface area contributed by atoms with Gasteiger partial charge < -0.3 is 20.6 Å². The summed E-state index contributed by atoms with van der Waals surface area (Å²) in [7, 11) is 0. The van der Waals surface area contributed by atoms with Gasteiger partial charge in [0.25, 0.3) is 0 Å². The monoisotopic (exact) mass is 239 g/mol. The van der Waals surface area contributed by atoms with Gasteiger partial charge in [0.05, 0.1) is 0 Å². The second-order valence-corrected chi connectivity index (χ2v) is 4.24. The highest BCUT2D eigenvalue weighted by Gasteiger charge is 2.06. The second kappa shape index (κ2) is 7.14. The number of benzene rings is 1. The van der Waals surface area contributed by atoms with E-state index in [0.717, 1.165) is 31.4 Å². The van der Waals surface area contributed by atoms with Crippen LogP contribution in [0.4, 0.5) is 0 Å². The molecular formula is C13H21NO3. The first kappa shape index (κ1) is 13.8. The lowest BCUT2D eigenvalue weighted by molar-refractivity contribution is 0.282. The molecule has 0 radical (unpaired) electrons. The normalized spacial score (nSPS) is 12.6. The van der Waals surface area contributed by atoms with E-state index >= 15 is 0 Å². The van der Waals surface area contributed by atoms with Gasteiger partial charge >= 0.3 is 0 Å². The Morgan fingerprint density at radius 3 is 2.29 bits per heavy atom. The molecular weight excluding hydrogens is 218 g/mol. The minimum absolute atomic E-state index is 0.0777. The van der Waals surface area contributed by atoms with Crippen molar-refractivity contribution in [2.24, 2.45) is 0 Å². The van der Waals surface area contributed by atoms with Crippen LogP contribution in [-0.4, -0.2) is 28.5 Å². The van der Waals surface area contributed by atoms with Gasteiger partial charge in [-0.25, -0.2) is 0 Å². The molecule has 4 N–H and O–H groups in total. The number of hydrogen-bond donors (Lipinski definition) is 4. The van der Waals surface area contributed by atoms with Gasteiger partial charge in [-0.15, -0.1) is 0 Å². The summed E-state index contributed by atoms with van der Waals surface area (Å²) in [5, 5.41) is 30.7. The molecule has 1 aromatic rings. The molecule has 0 spiro atoms. The van der Waals surface area contributed by atoms with E-state index in [1.807, 2.05) is 6.92 Å². The standard InChI is InChI=1S/C13H21NO3/c1-10(14-5-3-2-4-6-15)11-7-12(16)9-13(17)8-11/h7-10,14-17H,2-6H2,1H3. The molecule has 1 rings (SSSR count). The van der Waals surface area contributed by atoms with Crippen molar-refractivity contribution in [2.45, 2.75) is 32.2 Å². The number of aliphatic hydroxyl groups is 1. The average Bonchev–Trinajstić information content (AvgIpc) is 2.27. The van der Waals surface area contributed by atoms with E-state index < -0.39 is 0 Å². The fourth-order valence-corrected chi connectivity index (χ4v) is 1.72. The lowest BCUT2D eigenvalue weighted by Crippen LogP contribution is -2.19. The van der Waals surface area contributed by atoms with Gasteiger partial charge in [0, 0.05) is 18.7 Å². The van der Waals surface area contributed by atoms with Crippen molar-refractivity contribution in [1.82, 2.24) is 5.32 Å². The summed E-state index contributed by atoms with van der Waals surface area (Å²) in [6.45, 7) is 3.09. The molecule has 0 heterocycles. The number of phenols is 2. The lowest BCUT2D eigenvalue weighted by Gasteiger charge is -2.14. The van der Waals surface area contributed by atoms with Crippen LogP contribution in [0, 0.1) is 0 Å². The summed E-state index contributed by atoms with van der Waals surface area (Å²) in [4.78, 5) is 0. The molecule has 0 fully saturated rings. The maximum Gasteiger partial charge on any atom is 0.119 e. The van der Waals surface area contributed by atoms with Gasteiger partial charge in [-0.3, -0.25) is 0 Å². The quantitative estimate of drug-likeness (QED) is 0.548. The highest BCUT2D eigenvalue weighted by Crippen LogP contribution is 2.24. The maximum atomic E-state index is 9.37. The summed E-state index contributed by atoms with van der Waals surface area (Å²) in [5.74, 6) is 0.155. The molecule has 1 atom stereocenters. The van der Waals surface area contributed by atoms with Crippen LogP contribution in [0.1, 0.15) is 37.8 Å². The Balaban J connectivity index is 2.38. The third-order valence-electron chi connectivity index (χ3n) is 2.71. The van der Waals surface area contributed by atoms with Crippen molar-refractivity contribution < 1.29 is 15.3 Å². The van der Waals surface area contributed by atoms with Crippen molar-refractivity contribution in [3.05, 3.63) is 23.8 Å². The number of phenolic OH excluding ortho intramolecular Hbond substituents is 2. The van der Waals surface area contributed by atoms with Gasteiger partial charge in [0.15, 0.2) is 0 Å². The summed E-state index contributed by atoms with van der Waals surface area (Å²) in [6, 6.07) is 4.69. The molecule has 0 aliphatic carbocycles. The Morgan fingerprint density at radius 2 is 1.71 bits per heavy atom. The van der Waals surface area contributed by atoms with Crippen molar-refractivity contribution in [2.75, 3.05) is 13.2 Å². The summed E-state index contributed by atoms with van der Waals surface area (Å²) in [6.07, 6.45) is 2.85. The molecule has 0 bridgehead atoms. The third kappa shape index (κ3) is 5.06. The molecule has 4 heteroatoms. The Hall–Kier alpha value is -1.26. The zero-order chi connectivity index (χ0) is 12.7. The Labute approximate surface area is 102 Å². The SMILES string of the molecule is CC(NCCCCCO)c1cc(O)cc(O)c1. The first-order valence-corrected chi connectivity index (χ1v) is 6.00. The highest BCUT2D eigenvalue weighted by molar-refractivity contribution is 5.37. The molecule has 1 unspecified atom stereocenters. The number of unbranched alkanes of at least 4 members (excludes halogenated alkanes) is 2. The van der Waals surface area contributed by atoms with E-state index in [2.05, 4.69) is 5.32 Å². The smallest absolute Gasteiger partial charge is 0.119 e. The third-order valence-corrected chi connectivity index (χ3v) is 2.71. The minimum atomic E-state index is 0.0777. The van der Waals surface area contributed by atoms with E-state index in [1.165, 1.54) is 6.07 Å². The molecule has 17 heavy (non-hydrogen) atoms. The van der Waals surface area contributed by atoms with Crippen LogP contribution in [0.5, 0.6) is 11.5 Å². The van der Waals surface area contributed by atoms with Crippen molar-refractivity contribution >= 4 is 0 Å². The molecule has 0 aliphatic rings. The van der Waals surface area contributed by atoms with E-state index in [-0.39, 0.29) is 24.1 Å². The topological polar surface area (TPSA) is 72.7 Å². The predicted octanol–water partition coefficient (Wildman–Crippen LogP) is 1.91. The molecule has 0 amide bonds. The van der Waals surface area contributed by atoms with E-state index in [4.69, 9.17) is 5.11 Å². The van der Waals surface area contributed by atoms with Crippen LogP contribution in [0.15, 0.2) is 18.2 Å². The Morgan fingerprint density at radius 1 is 1.06 bits per heavy atom. The number of nitrogens with one attached hydrogen (secondary N) is 1. The van der Waals surface area contributed by atoms with Crippen LogP contribution < -0.4 is 5.32 Å². The molecule has 0 saturated heterocycles. The minimum Gasteiger partial charge on any atom is -0.508 e. The first-order chi connectivity index (χ1) is 8.13. The van der Waals surface area contributed by atoms with E-state index in [0.29, 0.717) is 0 Å². The summed E-state index contributed by atoms with van der Waals surface area (Å²) < 4.78 is 0. The largest absolute Gasteiger partial charge is 0.508 e. The summed E-state index contributed by atoms with van der Waals surface area (Å²) >= 11 is 0. The highest BCUT2D eigenvalue weighted by atomic mass is 16.3. The number of rotatable bonds is 7. The molecule has 0 saturated carbocycles. The maximum absolute atomic E-state index is 9.37. The number of aliphatic hydroxyl groups excluding tert-OH is 1. The predicted molar refractivity (Wildman–Crippen MR) is 67.1 cm³/mol. The average molecular weight is 239 g/mol. The van der Waals surface area contributed by atoms with E-state index in [1.54, 1.807) is 12.1 Å². The van der Waals surface area contributed by atoms with Gasteiger partial charge in [-0.05, 0) is 50.4 Å². The van der Waals surface area contributed by atoms with Gasteiger partial charge in [-0.2, -0.15) is 0 Å². The van der Waals surface area contributed by atoms with Gasteiger partial charge in [-0.1, -0.05) is 0 Å². The van der Waals surface area contributed by atoms with E-state index in [9.17, 15) is 10.2 Å². The van der Waals surface area contributed by atoms with Crippen molar-refractivity contribution in [3.63, 3.8) is 0 Å². The van der Waals surface area contributed by atoms with Crippen LogP contribution in [-0.2, 0) is 0 Å². The number of aromatic hydroxyl groups is 2. The molecule has 0 aliphatic heterocycles. The van der Waals surface area contributed by atoms with Gasteiger partial charge in [0.2, 0.25) is 0 Å². The first-order valence-electron chi connectivity index (χ1n) is 6.00. The van der Waals surface area contributed by atoms with Crippen LogP contribution in [0.2, 0.25) is 0 Å². The lowest BCUT2D eigenvalue weighted by atomic mass is 10.1.